The monoisotopic (exact) mass is 188 g/mol. The maximum absolute atomic E-state index is 4.24. The van der Waals surface area contributed by atoms with Crippen LogP contribution in [0.2, 0.25) is 0 Å². The highest BCUT2D eigenvalue weighted by Crippen LogP contribution is 2.11. The van der Waals surface area contributed by atoms with Gasteiger partial charge in [0.1, 0.15) is 0 Å². The largest absolute Gasteiger partial charge is 0.253 e. The van der Waals surface area contributed by atoms with Crippen LogP contribution in [0.5, 0.6) is 0 Å². The molecule has 13 heavy (non-hydrogen) atoms. The molecule has 2 rings (SSSR count). The number of hydrogen-bond donors (Lipinski definition) is 0. The van der Waals surface area contributed by atoms with Crippen LogP contribution < -0.4 is 5.30 Å². The van der Waals surface area contributed by atoms with Gasteiger partial charge < -0.3 is 0 Å². The number of rotatable bonds is 1. The second kappa shape index (κ2) is 3.23. The van der Waals surface area contributed by atoms with Crippen molar-refractivity contribution in [2.45, 2.75) is 0 Å². The molecular formula is C10H9N2P. The first-order valence-corrected chi connectivity index (χ1v) is 4.51. The number of benzene rings is 1. The first-order valence-electron chi connectivity index (χ1n) is 3.94. The molecule has 0 saturated heterocycles. The molecule has 0 bridgehead atoms. The van der Waals surface area contributed by atoms with Crippen molar-refractivity contribution in [1.82, 2.24) is 9.97 Å². The van der Waals surface area contributed by atoms with Gasteiger partial charge in [-0.1, -0.05) is 12.7 Å². The van der Waals surface area contributed by atoms with Crippen molar-refractivity contribution in [3.05, 3.63) is 36.7 Å². The lowest BCUT2D eigenvalue weighted by atomic mass is 10.2. The van der Waals surface area contributed by atoms with Crippen molar-refractivity contribution in [3.63, 3.8) is 0 Å². The van der Waals surface area contributed by atoms with E-state index >= 15 is 0 Å². The SMILES string of the molecule is C=Cc1cc(P)c2nccnc2c1. The van der Waals surface area contributed by atoms with Crippen molar-refractivity contribution >= 4 is 31.7 Å². The molecule has 64 valence electrons. The van der Waals surface area contributed by atoms with Gasteiger partial charge in [-0.15, -0.1) is 9.24 Å². The minimum atomic E-state index is 0.907. The van der Waals surface area contributed by atoms with Crippen molar-refractivity contribution in [2.24, 2.45) is 0 Å². The van der Waals surface area contributed by atoms with E-state index in [4.69, 9.17) is 0 Å². The summed E-state index contributed by atoms with van der Waals surface area (Å²) in [6.07, 6.45) is 5.20. The van der Waals surface area contributed by atoms with Crippen molar-refractivity contribution in [2.75, 3.05) is 0 Å². The summed E-state index contributed by atoms with van der Waals surface area (Å²) < 4.78 is 0. The van der Waals surface area contributed by atoms with Crippen LogP contribution in [0.15, 0.2) is 31.1 Å². The molecule has 2 nitrogen and oxygen atoms in total. The lowest BCUT2D eigenvalue weighted by Gasteiger charge is -2.01. The van der Waals surface area contributed by atoms with E-state index in [9.17, 15) is 0 Å². The van der Waals surface area contributed by atoms with Crippen molar-refractivity contribution in [1.29, 1.82) is 0 Å². The highest BCUT2D eigenvalue weighted by molar-refractivity contribution is 7.28. The minimum Gasteiger partial charge on any atom is -0.253 e. The molecular weight excluding hydrogens is 179 g/mol. The van der Waals surface area contributed by atoms with Crippen LogP contribution in [0.3, 0.4) is 0 Å². The molecule has 0 aliphatic carbocycles. The molecule has 0 aliphatic heterocycles. The Morgan fingerprint density at radius 2 is 2.00 bits per heavy atom. The highest BCUT2D eigenvalue weighted by atomic mass is 31.0. The van der Waals surface area contributed by atoms with Crippen LogP contribution >= 0.6 is 9.24 Å². The summed E-state index contributed by atoms with van der Waals surface area (Å²) in [6, 6.07) is 4.00. The maximum Gasteiger partial charge on any atom is 0.0958 e. The third kappa shape index (κ3) is 1.45. The van der Waals surface area contributed by atoms with Gasteiger partial charge in [0.2, 0.25) is 0 Å². The van der Waals surface area contributed by atoms with Crippen LogP contribution in [0.1, 0.15) is 5.56 Å². The number of fused-ring (bicyclic) bond motifs is 1. The van der Waals surface area contributed by atoms with Gasteiger partial charge in [-0.3, -0.25) is 9.97 Å². The smallest absolute Gasteiger partial charge is 0.0958 e. The molecule has 1 aromatic heterocycles. The van der Waals surface area contributed by atoms with E-state index < -0.39 is 0 Å². The van der Waals surface area contributed by atoms with Gasteiger partial charge in [-0.25, -0.2) is 0 Å². The molecule has 0 amide bonds. The third-order valence-electron chi connectivity index (χ3n) is 1.86. The standard InChI is InChI=1S/C10H9N2P/c1-2-7-5-8-10(9(13)6-7)12-4-3-11-8/h2-6H,1,13H2. The zero-order valence-corrected chi connectivity index (χ0v) is 8.22. The molecule has 0 aliphatic rings. The summed E-state index contributed by atoms with van der Waals surface area (Å²) in [6.45, 7) is 3.72. The summed E-state index contributed by atoms with van der Waals surface area (Å²) in [4.78, 5) is 8.47. The average molecular weight is 188 g/mol. The molecule has 0 fully saturated rings. The maximum atomic E-state index is 4.24. The second-order valence-electron chi connectivity index (χ2n) is 2.74. The average Bonchev–Trinajstić information content (AvgIpc) is 2.18. The quantitative estimate of drug-likeness (QED) is 0.637. The first-order chi connectivity index (χ1) is 6.31. The predicted molar refractivity (Wildman–Crippen MR) is 59.0 cm³/mol. The van der Waals surface area contributed by atoms with Gasteiger partial charge >= 0.3 is 0 Å². The van der Waals surface area contributed by atoms with E-state index in [1.807, 2.05) is 18.2 Å². The van der Waals surface area contributed by atoms with Gasteiger partial charge in [-0.05, 0) is 23.0 Å². The van der Waals surface area contributed by atoms with Crippen LogP contribution in [0.25, 0.3) is 17.1 Å². The van der Waals surface area contributed by atoms with Gasteiger partial charge in [0.25, 0.3) is 0 Å². The summed E-state index contributed by atoms with van der Waals surface area (Å²) in [7, 11) is 2.66. The lowest BCUT2D eigenvalue weighted by Crippen LogP contribution is -1.97. The van der Waals surface area contributed by atoms with E-state index in [0.29, 0.717) is 0 Å². The van der Waals surface area contributed by atoms with Crippen molar-refractivity contribution < 1.29 is 0 Å². The van der Waals surface area contributed by atoms with Crippen LogP contribution in [-0.4, -0.2) is 9.97 Å². The summed E-state index contributed by atoms with van der Waals surface area (Å²) in [5.74, 6) is 0. The Morgan fingerprint density at radius 1 is 1.23 bits per heavy atom. The molecule has 0 spiro atoms. The molecule has 1 atom stereocenters. The Hall–Kier alpha value is -1.27. The number of nitrogens with zero attached hydrogens (tertiary/aromatic N) is 2. The second-order valence-corrected chi connectivity index (χ2v) is 3.36. The van der Waals surface area contributed by atoms with Gasteiger partial charge in [0.15, 0.2) is 0 Å². The zero-order chi connectivity index (χ0) is 9.26. The predicted octanol–water partition coefficient (Wildman–Crippen LogP) is 1.77. The normalized spacial score (nSPS) is 10.2. The summed E-state index contributed by atoms with van der Waals surface area (Å²) in [5, 5.41) is 1.06. The number of hydrogen-bond acceptors (Lipinski definition) is 2. The topological polar surface area (TPSA) is 25.8 Å². The first kappa shape index (κ1) is 8.33. The molecule has 0 radical (unpaired) electrons. The fourth-order valence-corrected chi connectivity index (χ4v) is 1.66. The summed E-state index contributed by atoms with van der Waals surface area (Å²) >= 11 is 0. The lowest BCUT2D eigenvalue weighted by molar-refractivity contribution is 1.30. The fourth-order valence-electron chi connectivity index (χ4n) is 1.24. The molecule has 2 aromatic rings. The molecule has 1 heterocycles. The molecule has 3 heteroatoms. The fraction of sp³-hybridized carbons (Fsp3) is 0. The number of aromatic nitrogens is 2. The zero-order valence-electron chi connectivity index (χ0n) is 7.07. The Morgan fingerprint density at radius 3 is 2.77 bits per heavy atom. The Bertz CT molecular complexity index is 465. The summed E-state index contributed by atoms with van der Waals surface area (Å²) in [5.41, 5.74) is 2.90. The molecule has 0 saturated carbocycles. The van der Waals surface area contributed by atoms with E-state index in [-0.39, 0.29) is 0 Å². The molecule has 1 aromatic carbocycles. The Kier molecular flexibility index (Phi) is 2.07. The van der Waals surface area contributed by atoms with Crippen LogP contribution in [0, 0.1) is 0 Å². The minimum absolute atomic E-state index is 0.907. The van der Waals surface area contributed by atoms with Crippen LogP contribution in [-0.2, 0) is 0 Å². The Balaban J connectivity index is 2.84. The highest BCUT2D eigenvalue weighted by Gasteiger charge is 1.99. The van der Waals surface area contributed by atoms with E-state index in [0.717, 1.165) is 21.9 Å². The molecule has 1 unspecified atom stereocenters. The van der Waals surface area contributed by atoms with E-state index in [1.165, 1.54) is 0 Å². The third-order valence-corrected chi connectivity index (χ3v) is 2.30. The molecule has 0 N–H and O–H groups in total. The van der Waals surface area contributed by atoms with Crippen LogP contribution in [0.4, 0.5) is 0 Å². The van der Waals surface area contributed by atoms with Gasteiger partial charge in [0, 0.05) is 12.4 Å². The Labute approximate surface area is 78.9 Å². The van der Waals surface area contributed by atoms with Gasteiger partial charge in [0.05, 0.1) is 11.0 Å². The van der Waals surface area contributed by atoms with E-state index in [2.05, 4.69) is 25.8 Å². The van der Waals surface area contributed by atoms with E-state index in [1.54, 1.807) is 12.4 Å². The van der Waals surface area contributed by atoms with Crippen molar-refractivity contribution in [3.8, 4) is 0 Å². The van der Waals surface area contributed by atoms with Gasteiger partial charge in [-0.2, -0.15) is 0 Å².